The summed E-state index contributed by atoms with van der Waals surface area (Å²) in [4.78, 5) is 26.9. The standard InChI is InChI=1S/C24H25N3O2/c1-16-13-17(2)15-21(14-16)26-24(29)19-7-5-18(6-8-19)23(28)25-20-9-11-22(12-10-20)27(3)4/h5-15H,1-4H3,(H,25,28)(H,26,29). The quantitative estimate of drug-likeness (QED) is 0.656. The molecule has 0 radical (unpaired) electrons. The van der Waals surface area contributed by atoms with E-state index < -0.39 is 0 Å². The van der Waals surface area contributed by atoms with Gasteiger partial charge in [-0.1, -0.05) is 6.07 Å². The number of amides is 2. The van der Waals surface area contributed by atoms with Gasteiger partial charge in [0.2, 0.25) is 0 Å². The second-order valence-corrected chi connectivity index (χ2v) is 7.30. The van der Waals surface area contributed by atoms with Gasteiger partial charge < -0.3 is 15.5 Å². The molecule has 148 valence electrons. The minimum Gasteiger partial charge on any atom is -0.378 e. The summed E-state index contributed by atoms with van der Waals surface area (Å²) in [6.45, 7) is 3.98. The molecule has 29 heavy (non-hydrogen) atoms. The van der Waals surface area contributed by atoms with Gasteiger partial charge in [0.1, 0.15) is 0 Å². The Morgan fingerprint density at radius 1 is 0.655 bits per heavy atom. The predicted molar refractivity (Wildman–Crippen MR) is 119 cm³/mol. The average Bonchev–Trinajstić information content (AvgIpc) is 2.67. The molecule has 0 unspecified atom stereocenters. The first-order valence-electron chi connectivity index (χ1n) is 9.40. The highest BCUT2D eigenvalue weighted by Crippen LogP contribution is 2.18. The predicted octanol–water partition coefficient (Wildman–Crippen LogP) is 4.87. The number of benzene rings is 3. The maximum Gasteiger partial charge on any atom is 0.255 e. The van der Waals surface area contributed by atoms with E-state index in [2.05, 4.69) is 16.7 Å². The molecule has 0 spiro atoms. The molecule has 0 aliphatic carbocycles. The Bertz CT molecular complexity index is 1000. The maximum atomic E-state index is 12.5. The Balaban J connectivity index is 1.65. The van der Waals surface area contributed by atoms with Crippen molar-refractivity contribution in [1.29, 1.82) is 0 Å². The number of carbonyl (C=O) groups excluding carboxylic acids is 2. The van der Waals surface area contributed by atoms with Gasteiger partial charge in [0.05, 0.1) is 0 Å². The fraction of sp³-hybridized carbons (Fsp3) is 0.167. The van der Waals surface area contributed by atoms with Crippen molar-refractivity contribution < 1.29 is 9.59 Å². The van der Waals surface area contributed by atoms with Crippen molar-refractivity contribution in [2.45, 2.75) is 13.8 Å². The van der Waals surface area contributed by atoms with Crippen LogP contribution >= 0.6 is 0 Å². The molecule has 5 heteroatoms. The first-order valence-corrected chi connectivity index (χ1v) is 9.40. The van der Waals surface area contributed by atoms with Gasteiger partial charge in [-0.05, 0) is 85.6 Å². The molecule has 0 aliphatic heterocycles. The number of anilines is 3. The lowest BCUT2D eigenvalue weighted by atomic mass is 10.1. The lowest BCUT2D eigenvalue weighted by molar-refractivity contribution is 0.101. The zero-order valence-electron chi connectivity index (χ0n) is 17.1. The first-order chi connectivity index (χ1) is 13.8. The zero-order chi connectivity index (χ0) is 21.0. The van der Waals surface area contributed by atoms with E-state index in [9.17, 15) is 9.59 Å². The fourth-order valence-electron chi connectivity index (χ4n) is 3.07. The number of hydrogen-bond donors (Lipinski definition) is 2. The summed E-state index contributed by atoms with van der Waals surface area (Å²) in [5.41, 5.74) is 5.70. The van der Waals surface area contributed by atoms with E-state index in [1.165, 1.54) is 0 Å². The molecule has 0 aliphatic rings. The molecular weight excluding hydrogens is 362 g/mol. The number of aryl methyl sites for hydroxylation is 2. The van der Waals surface area contributed by atoms with Gasteiger partial charge in [-0.15, -0.1) is 0 Å². The minimum atomic E-state index is -0.219. The fourth-order valence-corrected chi connectivity index (χ4v) is 3.07. The summed E-state index contributed by atoms with van der Waals surface area (Å²) in [6.07, 6.45) is 0. The summed E-state index contributed by atoms with van der Waals surface area (Å²) in [6, 6.07) is 20.1. The summed E-state index contributed by atoms with van der Waals surface area (Å²) in [5.74, 6) is -0.426. The third kappa shape index (κ3) is 5.23. The van der Waals surface area contributed by atoms with Crippen LogP contribution in [0.2, 0.25) is 0 Å². The highest BCUT2D eigenvalue weighted by molar-refractivity contribution is 6.07. The Labute approximate surface area is 171 Å². The molecule has 3 rings (SSSR count). The van der Waals surface area contributed by atoms with E-state index in [4.69, 9.17) is 0 Å². The van der Waals surface area contributed by atoms with E-state index in [-0.39, 0.29) is 11.8 Å². The van der Waals surface area contributed by atoms with Gasteiger partial charge in [0.25, 0.3) is 11.8 Å². The van der Waals surface area contributed by atoms with Gasteiger partial charge in [-0.3, -0.25) is 9.59 Å². The Hall–Kier alpha value is -3.60. The van der Waals surface area contributed by atoms with E-state index in [0.717, 1.165) is 28.2 Å². The highest BCUT2D eigenvalue weighted by Gasteiger charge is 2.10. The van der Waals surface area contributed by atoms with Crippen LogP contribution in [0.1, 0.15) is 31.8 Å². The van der Waals surface area contributed by atoms with Crippen LogP contribution in [0.25, 0.3) is 0 Å². The van der Waals surface area contributed by atoms with Crippen LogP contribution in [0.4, 0.5) is 17.1 Å². The van der Waals surface area contributed by atoms with Crippen molar-refractivity contribution in [2.75, 3.05) is 29.6 Å². The second kappa shape index (κ2) is 8.61. The topological polar surface area (TPSA) is 61.4 Å². The van der Waals surface area contributed by atoms with Crippen LogP contribution in [0.15, 0.2) is 66.7 Å². The van der Waals surface area contributed by atoms with Crippen LogP contribution < -0.4 is 15.5 Å². The van der Waals surface area contributed by atoms with Crippen molar-refractivity contribution in [1.82, 2.24) is 0 Å². The Morgan fingerprint density at radius 3 is 1.55 bits per heavy atom. The Kier molecular flexibility index (Phi) is 5.98. The van der Waals surface area contributed by atoms with Gasteiger partial charge in [-0.2, -0.15) is 0 Å². The maximum absolute atomic E-state index is 12.5. The van der Waals surface area contributed by atoms with Gasteiger partial charge >= 0.3 is 0 Å². The largest absolute Gasteiger partial charge is 0.378 e. The summed E-state index contributed by atoms with van der Waals surface area (Å²) in [7, 11) is 3.93. The van der Waals surface area contributed by atoms with Gasteiger partial charge in [0.15, 0.2) is 0 Å². The molecule has 0 heterocycles. The van der Waals surface area contributed by atoms with Crippen LogP contribution in [0.3, 0.4) is 0 Å². The summed E-state index contributed by atoms with van der Waals surface area (Å²) >= 11 is 0. The molecule has 3 aromatic carbocycles. The molecule has 0 saturated carbocycles. The smallest absolute Gasteiger partial charge is 0.255 e. The number of nitrogens with one attached hydrogen (secondary N) is 2. The van der Waals surface area contributed by atoms with Crippen molar-refractivity contribution in [2.24, 2.45) is 0 Å². The van der Waals surface area contributed by atoms with Crippen LogP contribution in [0, 0.1) is 13.8 Å². The molecule has 0 bridgehead atoms. The van der Waals surface area contributed by atoms with Crippen LogP contribution in [0.5, 0.6) is 0 Å². The second-order valence-electron chi connectivity index (χ2n) is 7.30. The molecule has 2 N–H and O–H groups in total. The van der Waals surface area contributed by atoms with Crippen molar-refractivity contribution in [3.63, 3.8) is 0 Å². The monoisotopic (exact) mass is 387 g/mol. The lowest BCUT2D eigenvalue weighted by Crippen LogP contribution is -2.14. The van der Waals surface area contributed by atoms with Crippen molar-refractivity contribution in [3.05, 3.63) is 89.0 Å². The number of rotatable bonds is 5. The molecule has 3 aromatic rings. The normalized spacial score (nSPS) is 10.3. The van der Waals surface area contributed by atoms with Crippen molar-refractivity contribution in [3.8, 4) is 0 Å². The molecule has 0 saturated heterocycles. The summed E-state index contributed by atoms with van der Waals surface area (Å²) in [5, 5.41) is 5.77. The van der Waals surface area contributed by atoms with Crippen LogP contribution in [-0.2, 0) is 0 Å². The minimum absolute atomic E-state index is 0.207. The van der Waals surface area contributed by atoms with E-state index in [0.29, 0.717) is 11.1 Å². The van der Waals surface area contributed by atoms with Gasteiger partial charge in [-0.25, -0.2) is 0 Å². The van der Waals surface area contributed by atoms with Gasteiger partial charge in [0, 0.05) is 42.3 Å². The SMILES string of the molecule is Cc1cc(C)cc(NC(=O)c2ccc(C(=O)Nc3ccc(N(C)C)cc3)cc2)c1. The van der Waals surface area contributed by atoms with Crippen molar-refractivity contribution >= 4 is 28.9 Å². The molecule has 5 nitrogen and oxygen atoms in total. The average molecular weight is 387 g/mol. The van der Waals surface area contributed by atoms with Crippen LogP contribution in [-0.4, -0.2) is 25.9 Å². The highest BCUT2D eigenvalue weighted by atomic mass is 16.2. The third-order valence-corrected chi connectivity index (χ3v) is 4.53. The number of carbonyl (C=O) groups is 2. The molecule has 0 fully saturated rings. The molecular formula is C24H25N3O2. The van der Waals surface area contributed by atoms with E-state index in [1.807, 2.05) is 69.2 Å². The summed E-state index contributed by atoms with van der Waals surface area (Å²) < 4.78 is 0. The Morgan fingerprint density at radius 2 is 1.10 bits per heavy atom. The molecule has 0 atom stereocenters. The first kappa shape index (κ1) is 20.1. The van der Waals surface area contributed by atoms with E-state index in [1.54, 1.807) is 24.3 Å². The number of nitrogens with zero attached hydrogens (tertiary/aromatic N) is 1. The molecule has 0 aromatic heterocycles. The number of hydrogen-bond acceptors (Lipinski definition) is 3. The molecule has 2 amide bonds. The zero-order valence-corrected chi connectivity index (χ0v) is 17.1. The van der Waals surface area contributed by atoms with E-state index >= 15 is 0 Å². The lowest BCUT2D eigenvalue weighted by Gasteiger charge is -2.13. The third-order valence-electron chi connectivity index (χ3n) is 4.53.